The number of aryl methyl sites for hydroxylation is 1. The second-order valence-corrected chi connectivity index (χ2v) is 3.92. The Labute approximate surface area is 95.3 Å². The predicted molar refractivity (Wildman–Crippen MR) is 63.1 cm³/mol. The molecule has 84 valence electrons. The van der Waals surface area contributed by atoms with Gasteiger partial charge in [-0.15, -0.1) is 5.10 Å². The number of benzene rings is 1. The van der Waals surface area contributed by atoms with Crippen LogP contribution in [0.1, 0.15) is 16.8 Å². The van der Waals surface area contributed by atoms with Crippen molar-refractivity contribution in [3.05, 3.63) is 47.3 Å². The zero-order valence-corrected chi connectivity index (χ0v) is 9.64. The van der Waals surface area contributed by atoms with Crippen LogP contribution in [-0.2, 0) is 13.1 Å². The number of nitrogens with one attached hydrogen (secondary N) is 1. The molecule has 0 aliphatic rings. The molecule has 0 spiro atoms. The summed E-state index contributed by atoms with van der Waals surface area (Å²) in [6, 6.07) is 8.46. The van der Waals surface area contributed by atoms with Crippen LogP contribution in [0.4, 0.5) is 0 Å². The van der Waals surface area contributed by atoms with Crippen molar-refractivity contribution in [3.63, 3.8) is 0 Å². The van der Waals surface area contributed by atoms with Crippen LogP contribution in [0.25, 0.3) is 0 Å². The summed E-state index contributed by atoms with van der Waals surface area (Å²) in [5, 5.41) is 11.2. The van der Waals surface area contributed by atoms with Gasteiger partial charge in [0.1, 0.15) is 0 Å². The van der Waals surface area contributed by atoms with Gasteiger partial charge in [0.05, 0.1) is 18.4 Å². The highest BCUT2D eigenvalue weighted by molar-refractivity contribution is 5.21. The lowest BCUT2D eigenvalue weighted by Gasteiger charge is -2.01. The molecule has 0 unspecified atom stereocenters. The maximum atomic E-state index is 4.08. The molecule has 0 fully saturated rings. The Morgan fingerprint density at radius 3 is 2.69 bits per heavy atom. The number of aromatic nitrogens is 3. The smallest absolute Gasteiger partial charge is 0.0964 e. The van der Waals surface area contributed by atoms with E-state index in [1.807, 2.05) is 17.9 Å². The van der Waals surface area contributed by atoms with Crippen molar-refractivity contribution in [3.8, 4) is 0 Å². The maximum absolute atomic E-state index is 4.08. The molecule has 0 saturated carbocycles. The molecule has 1 heterocycles. The van der Waals surface area contributed by atoms with Crippen molar-refractivity contribution >= 4 is 0 Å². The minimum absolute atomic E-state index is 0.758. The Balaban J connectivity index is 2.05. The van der Waals surface area contributed by atoms with Crippen molar-refractivity contribution in [1.82, 2.24) is 20.3 Å². The Morgan fingerprint density at radius 1 is 1.25 bits per heavy atom. The van der Waals surface area contributed by atoms with E-state index >= 15 is 0 Å². The zero-order valence-electron chi connectivity index (χ0n) is 9.64. The van der Waals surface area contributed by atoms with Crippen molar-refractivity contribution in [1.29, 1.82) is 0 Å². The molecule has 1 aromatic heterocycles. The van der Waals surface area contributed by atoms with Crippen LogP contribution < -0.4 is 5.32 Å². The van der Waals surface area contributed by atoms with Crippen LogP contribution >= 0.6 is 0 Å². The lowest BCUT2D eigenvalue weighted by molar-refractivity contribution is 0.648. The van der Waals surface area contributed by atoms with E-state index in [2.05, 4.69) is 46.8 Å². The van der Waals surface area contributed by atoms with Gasteiger partial charge in [-0.3, -0.25) is 0 Å². The Kier molecular flexibility index (Phi) is 3.31. The summed E-state index contributed by atoms with van der Waals surface area (Å²) in [4.78, 5) is 0. The SMILES string of the molecule is CNCc1cn(Cc2ccc(C)cc2)nn1. The van der Waals surface area contributed by atoms with Crippen LogP contribution in [0.5, 0.6) is 0 Å². The molecule has 0 amide bonds. The highest BCUT2D eigenvalue weighted by atomic mass is 15.4. The molecule has 1 aromatic carbocycles. The third kappa shape index (κ3) is 2.67. The molecular formula is C12H16N4. The summed E-state index contributed by atoms with van der Waals surface area (Å²) in [7, 11) is 1.90. The minimum Gasteiger partial charge on any atom is -0.314 e. The maximum Gasteiger partial charge on any atom is 0.0964 e. The van der Waals surface area contributed by atoms with E-state index in [1.165, 1.54) is 11.1 Å². The Bertz CT molecular complexity index is 444. The second-order valence-electron chi connectivity index (χ2n) is 3.92. The van der Waals surface area contributed by atoms with Gasteiger partial charge in [0, 0.05) is 6.54 Å². The average Bonchev–Trinajstić information content (AvgIpc) is 2.70. The van der Waals surface area contributed by atoms with Gasteiger partial charge in [-0.1, -0.05) is 35.0 Å². The predicted octanol–water partition coefficient (Wildman–Crippen LogP) is 1.35. The van der Waals surface area contributed by atoms with E-state index in [1.54, 1.807) is 0 Å². The molecular weight excluding hydrogens is 200 g/mol. The fourth-order valence-electron chi connectivity index (χ4n) is 1.56. The molecule has 1 N–H and O–H groups in total. The summed E-state index contributed by atoms with van der Waals surface area (Å²) in [5.74, 6) is 0. The third-order valence-electron chi connectivity index (χ3n) is 2.41. The lowest BCUT2D eigenvalue weighted by atomic mass is 10.1. The third-order valence-corrected chi connectivity index (χ3v) is 2.41. The van der Waals surface area contributed by atoms with Gasteiger partial charge in [0.25, 0.3) is 0 Å². The van der Waals surface area contributed by atoms with Crippen LogP contribution in [0.15, 0.2) is 30.5 Å². The molecule has 16 heavy (non-hydrogen) atoms. The van der Waals surface area contributed by atoms with E-state index in [0.717, 1.165) is 18.8 Å². The van der Waals surface area contributed by atoms with Crippen LogP contribution in [0.2, 0.25) is 0 Å². The lowest BCUT2D eigenvalue weighted by Crippen LogP contribution is -2.05. The van der Waals surface area contributed by atoms with Crippen molar-refractivity contribution in [2.75, 3.05) is 7.05 Å². The standard InChI is InChI=1S/C12H16N4/c1-10-3-5-11(6-4-10)8-16-9-12(7-13-2)14-15-16/h3-6,9,13H,7-8H2,1-2H3. The molecule has 0 saturated heterocycles. The first kappa shape index (κ1) is 10.8. The number of hydrogen-bond acceptors (Lipinski definition) is 3. The Morgan fingerprint density at radius 2 is 2.00 bits per heavy atom. The molecule has 0 aliphatic heterocycles. The second kappa shape index (κ2) is 4.90. The molecule has 0 bridgehead atoms. The minimum atomic E-state index is 0.758. The number of rotatable bonds is 4. The van der Waals surface area contributed by atoms with Gasteiger partial charge in [0.15, 0.2) is 0 Å². The first-order valence-corrected chi connectivity index (χ1v) is 5.37. The fourth-order valence-corrected chi connectivity index (χ4v) is 1.56. The van der Waals surface area contributed by atoms with Gasteiger partial charge in [-0.2, -0.15) is 0 Å². The van der Waals surface area contributed by atoms with E-state index in [-0.39, 0.29) is 0 Å². The average molecular weight is 216 g/mol. The van der Waals surface area contributed by atoms with E-state index in [9.17, 15) is 0 Å². The highest BCUT2D eigenvalue weighted by Crippen LogP contribution is 2.05. The normalized spacial score (nSPS) is 10.6. The topological polar surface area (TPSA) is 42.7 Å². The van der Waals surface area contributed by atoms with Crippen LogP contribution in [0.3, 0.4) is 0 Å². The fraction of sp³-hybridized carbons (Fsp3) is 0.333. The van der Waals surface area contributed by atoms with Gasteiger partial charge in [-0.05, 0) is 19.5 Å². The van der Waals surface area contributed by atoms with Crippen molar-refractivity contribution in [2.24, 2.45) is 0 Å². The van der Waals surface area contributed by atoms with Crippen LogP contribution in [-0.4, -0.2) is 22.0 Å². The zero-order chi connectivity index (χ0) is 11.4. The van der Waals surface area contributed by atoms with Crippen LogP contribution in [0, 0.1) is 6.92 Å². The van der Waals surface area contributed by atoms with Gasteiger partial charge >= 0.3 is 0 Å². The largest absolute Gasteiger partial charge is 0.314 e. The summed E-state index contributed by atoms with van der Waals surface area (Å²) < 4.78 is 1.86. The highest BCUT2D eigenvalue weighted by Gasteiger charge is 2.00. The molecule has 4 heteroatoms. The van der Waals surface area contributed by atoms with Crippen molar-refractivity contribution in [2.45, 2.75) is 20.0 Å². The van der Waals surface area contributed by atoms with E-state index < -0.39 is 0 Å². The van der Waals surface area contributed by atoms with E-state index in [4.69, 9.17) is 0 Å². The molecule has 0 aliphatic carbocycles. The number of nitrogens with zero attached hydrogens (tertiary/aromatic N) is 3. The Hall–Kier alpha value is -1.68. The summed E-state index contributed by atoms with van der Waals surface area (Å²) in [6.45, 7) is 3.62. The molecule has 0 atom stereocenters. The summed E-state index contributed by atoms with van der Waals surface area (Å²) >= 11 is 0. The first-order valence-electron chi connectivity index (χ1n) is 5.37. The number of hydrogen-bond donors (Lipinski definition) is 1. The van der Waals surface area contributed by atoms with Gasteiger partial charge in [0.2, 0.25) is 0 Å². The summed E-state index contributed by atoms with van der Waals surface area (Å²) in [5.41, 5.74) is 3.49. The summed E-state index contributed by atoms with van der Waals surface area (Å²) in [6.07, 6.45) is 1.97. The van der Waals surface area contributed by atoms with Gasteiger partial charge in [-0.25, -0.2) is 4.68 Å². The van der Waals surface area contributed by atoms with Crippen molar-refractivity contribution < 1.29 is 0 Å². The molecule has 2 aromatic rings. The molecule has 0 radical (unpaired) electrons. The monoisotopic (exact) mass is 216 g/mol. The molecule has 2 rings (SSSR count). The quantitative estimate of drug-likeness (QED) is 0.839. The van der Waals surface area contributed by atoms with E-state index in [0.29, 0.717) is 0 Å². The van der Waals surface area contributed by atoms with Gasteiger partial charge < -0.3 is 5.32 Å². The first-order chi connectivity index (χ1) is 7.78. The molecule has 4 nitrogen and oxygen atoms in total.